The zero-order chi connectivity index (χ0) is 13.1. The Hall–Kier alpha value is -0.810. The Morgan fingerprint density at radius 2 is 1.83 bits per heavy atom. The molecule has 3 N–H and O–H groups in total. The summed E-state index contributed by atoms with van der Waals surface area (Å²) in [5, 5.41) is 0. The van der Waals surface area contributed by atoms with Crippen LogP contribution in [0.4, 0.5) is 4.79 Å². The lowest BCUT2D eigenvalue weighted by molar-refractivity contribution is -0.368. The van der Waals surface area contributed by atoms with E-state index in [0.29, 0.717) is 13.1 Å². The molecule has 1 heterocycles. The van der Waals surface area contributed by atoms with Crippen molar-refractivity contribution in [2.24, 2.45) is 5.41 Å². The Labute approximate surface area is 115 Å². The number of nitrogens with zero attached hydrogens (tertiary/aromatic N) is 2. The van der Waals surface area contributed by atoms with Gasteiger partial charge in [-0.05, 0) is 18.3 Å². The van der Waals surface area contributed by atoms with Crippen LogP contribution in [-0.2, 0) is 4.79 Å². The van der Waals surface area contributed by atoms with Gasteiger partial charge in [0.2, 0.25) is 5.91 Å². The molecule has 1 aliphatic rings. The predicted octanol–water partition coefficient (Wildman–Crippen LogP) is -2.68. The van der Waals surface area contributed by atoms with Crippen LogP contribution in [0.25, 0.3) is 0 Å². The maximum absolute atomic E-state index is 12.0. The maximum atomic E-state index is 12.0. The fraction of sp³-hybridized carbons (Fsp3) is 0.833. The number of quaternary nitrogens is 1. The third-order valence-electron chi connectivity index (χ3n) is 2.68. The fourth-order valence-electron chi connectivity index (χ4n) is 1.96. The predicted molar refractivity (Wildman–Crippen MR) is 65.1 cm³/mol. The molecule has 6 heteroatoms. The summed E-state index contributed by atoms with van der Waals surface area (Å²) in [6.07, 6.45) is 1.81. The number of imide groups is 1. The quantitative estimate of drug-likeness (QED) is 0.440. The first-order valence-electron chi connectivity index (χ1n) is 6.23. The van der Waals surface area contributed by atoms with Gasteiger partial charge in [0.05, 0.1) is 6.54 Å². The number of hydrogen-bond donors (Lipinski definition) is 1. The van der Waals surface area contributed by atoms with Gasteiger partial charge in [-0.25, -0.2) is 4.79 Å². The van der Waals surface area contributed by atoms with E-state index in [4.69, 9.17) is 0 Å². The average Bonchev–Trinajstić information content (AvgIpc) is 2.43. The molecule has 1 fully saturated rings. The van der Waals surface area contributed by atoms with Crippen LogP contribution in [0.2, 0.25) is 0 Å². The van der Waals surface area contributed by atoms with Gasteiger partial charge in [0, 0.05) is 13.1 Å². The monoisotopic (exact) mass is 277 g/mol. The number of rotatable bonds is 5. The standard InChI is InChI=1S/C12H23N3O2.ClH/c1-12(2,3)9-14-8-10(16)15(11(14)17)7-5-4-6-13;/h4-9,13H2,1-3H3;1H. The largest absolute Gasteiger partial charge is 1.00 e. The van der Waals surface area contributed by atoms with Crippen molar-refractivity contribution in [3.05, 3.63) is 0 Å². The van der Waals surface area contributed by atoms with E-state index in [1.54, 1.807) is 4.90 Å². The van der Waals surface area contributed by atoms with Crippen molar-refractivity contribution in [3.63, 3.8) is 0 Å². The molecule has 0 aliphatic carbocycles. The van der Waals surface area contributed by atoms with Crippen molar-refractivity contribution >= 4 is 11.9 Å². The number of carbonyl (C=O) groups is 2. The van der Waals surface area contributed by atoms with Gasteiger partial charge in [-0.15, -0.1) is 0 Å². The Balaban J connectivity index is 0.00000289. The SMILES string of the molecule is CC(C)(C)CN1CC(=O)N(CCCC[NH3+])C1=O.[Cl-]. The summed E-state index contributed by atoms with van der Waals surface area (Å²) in [6, 6.07) is -0.131. The van der Waals surface area contributed by atoms with Gasteiger partial charge in [0.1, 0.15) is 6.54 Å². The van der Waals surface area contributed by atoms with Gasteiger partial charge in [-0.3, -0.25) is 9.69 Å². The molecule has 0 aromatic carbocycles. The molecular weight excluding hydrogens is 254 g/mol. The highest BCUT2D eigenvalue weighted by Crippen LogP contribution is 2.20. The van der Waals surface area contributed by atoms with E-state index in [1.807, 2.05) is 0 Å². The third-order valence-corrected chi connectivity index (χ3v) is 2.68. The van der Waals surface area contributed by atoms with E-state index in [0.717, 1.165) is 19.4 Å². The summed E-state index contributed by atoms with van der Waals surface area (Å²) in [7, 11) is 0. The van der Waals surface area contributed by atoms with Crippen molar-refractivity contribution in [1.82, 2.24) is 9.80 Å². The zero-order valence-corrected chi connectivity index (χ0v) is 12.3. The van der Waals surface area contributed by atoms with Crippen molar-refractivity contribution in [3.8, 4) is 0 Å². The second kappa shape index (κ2) is 6.95. The molecule has 5 nitrogen and oxygen atoms in total. The lowest BCUT2D eigenvalue weighted by Gasteiger charge is -2.25. The van der Waals surface area contributed by atoms with E-state index in [1.165, 1.54) is 4.90 Å². The highest BCUT2D eigenvalue weighted by Gasteiger charge is 2.36. The molecule has 1 saturated heterocycles. The minimum absolute atomic E-state index is 0. The van der Waals surface area contributed by atoms with E-state index >= 15 is 0 Å². The number of hydrogen-bond acceptors (Lipinski definition) is 2. The molecule has 0 spiro atoms. The number of halogens is 1. The lowest BCUT2D eigenvalue weighted by atomic mass is 9.96. The van der Waals surface area contributed by atoms with Crippen LogP contribution in [0, 0.1) is 5.41 Å². The summed E-state index contributed by atoms with van der Waals surface area (Å²) in [6.45, 7) is 8.45. The molecular formula is C12H24ClN3O2. The summed E-state index contributed by atoms with van der Waals surface area (Å²) in [5.74, 6) is -0.0664. The minimum Gasteiger partial charge on any atom is -1.00 e. The van der Waals surface area contributed by atoms with Crippen LogP contribution in [0.15, 0.2) is 0 Å². The van der Waals surface area contributed by atoms with Crippen molar-refractivity contribution in [1.29, 1.82) is 0 Å². The Morgan fingerprint density at radius 1 is 1.22 bits per heavy atom. The number of urea groups is 1. The molecule has 1 aliphatic heterocycles. The maximum Gasteiger partial charge on any atom is 0.327 e. The smallest absolute Gasteiger partial charge is 0.327 e. The van der Waals surface area contributed by atoms with Gasteiger partial charge in [-0.1, -0.05) is 20.8 Å². The molecule has 0 atom stereocenters. The second-order valence-electron chi connectivity index (χ2n) is 5.81. The Bertz CT molecular complexity index is 302. The topological polar surface area (TPSA) is 68.3 Å². The first-order chi connectivity index (χ1) is 7.85. The number of unbranched alkanes of at least 4 members (excludes halogenated alkanes) is 1. The molecule has 3 amide bonds. The Morgan fingerprint density at radius 3 is 2.33 bits per heavy atom. The minimum atomic E-state index is -0.131. The molecule has 0 aromatic heterocycles. The van der Waals surface area contributed by atoms with Crippen LogP contribution in [-0.4, -0.2) is 47.9 Å². The summed E-state index contributed by atoms with van der Waals surface area (Å²) in [4.78, 5) is 26.7. The van der Waals surface area contributed by atoms with E-state index < -0.39 is 0 Å². The summed E-state index contributed by atoms with van der Waals surface area (Å²) < 4.78 is 0. The van der Waals surface area contributed by atoms with Crippen molar-refractivity contribution in [2.75, 3.05) is 26.2 Å². The molecule has 0 unspecified atom stereocenters. The summed E-state index contributed by atoms with van der Waals surface area (Å²) in [5.41, 5.74) is 3.78. The van der Waals surface area contributed by atoms with Crippen LogP contribution < -0.4 is 18.1 Å². The molecule has 0 bridgehead atoms. The van der Waals surface area contributed by atoms with Gasteiger partial charge in [0.25, 0.3) is 0 Å². The highest BCUT2D eigenvalue weighted by molar-refractivity contribution is 6.01. The van der Waals surface area contributed by atoms with Crippen LogP contribution in [0.3, 0.4) is 0 Å². The molecule has 106 valence electrons. The Kier molecular flexibility index (Phi) is 6.63. The van der Waals surface area contributed by atoms with Crippen LogP contribution in [0.5, 0.6) is 0 Å². The van der Waals surface area contributed by atoms with Crippen molar-refractivity contribution in [2.45, 2.75) is 33.6 Å². The normalized spacial score (nSPS) is 16.2. The first kappa shape index (κ1) is 17.2. The highest BCUT2D eigenvalue weighted by atomic mass is 35.5. The van der Waals surface area contributed by atoms with Gasteiger partial charge in [-0.2, -0.15) is 0 Å². The van der Waals surface area contributed by atoms with Gasteiger partial charge in [0.15, 0.2) is 0 Å². The average molecular weight is 278 g/mol. The van der Waals surface area contributed by atoms with Gasteiger partial charge < -0.3 is 23.0 Å². The van der Waals surface area contributed by atoms with E-state index in [-0.39, 0.29) is 36.3 Å². The fourth-order valence-corrected chi connectivity index (χ4v) is 1.96. The number of amides is 3. The van der Waals surface area contributed by atoms with Gasteiger partial charge >= 0.3 is 6.03 Å². The first-order valence-corrected chi connectivity index (χ1v) is 6.23. The third kappa shape index (κ3) is 4.82. The van der Waals surface area contributed by atoms with Crippen molar-refractivity contribution < 1.29 is 27.7 Å². The molecule has 18 heavy (non-hydrogen) atoms. The molecule has 1 rings (SSSR count). The van der Waals surface area contributed by atoms with E-state index in [9.17, 15) is 9.59 Å². The lowest BCUT2D eigenvalue weighted by Crippen LogP contribution is -3.00. The molecule has 0 aromatic rings. The zero-order valence-electron chi connectivity index (χ0n) is 11.5. The molecule has 0 radical (unpaired) electrons. The second-order valence-corrected chi connectivity index (χ2v) is 5.81. The van der Waals surface area contributed by atoms with Crippen LogP contribution >= 0.6 is 0 Å². The van der Waals surface area contributed by atoms with E-state index in [2.05, 4.69) is 26.5 Å². The summed E-state index contributed by atoms with van der Waals surface area (Å²) >= 11 is 0. The number of carbonyl (C=O) groups excluding carboxylic acids is 2. The molecule has 0 saturated carbocycles. The van der Waals surface area contributed by atoms with Crippen LogP contribution in [0.1, 0.15) is 33.6 Å².